The van der Waals surface area contributed by atoms with Crippen LogP contribution in [0.1, 0.15) is 36.0 Å². The third kappa shape index (κ3) is 6.47. The second kappa shape index (κ2) is 11.3. The van der Waals surface area contributed by atoms with Crippen LogP contribution in [0.5, 0.6) is 11.5 Å². The van der Waals surface area contributed by atoms with Crippen molar-refractivity contribution >= 4 is 15.9 Å². The lowest BCUT2D eigenvalue weighted by Gasteiger charge is -2.32. The molecule has 2 heterocycles. The van der Waals surface area contributed by atoms with Crippen molar-refractivity contribution in [1.82, 2.24) is 4.90 Å². The smallest absolute Gasteiger partial charge is 0.133 e. The first-order chi connectivity index (χ1) is 15.2. The van der Waals surface area contributed by atoms with Crippen molar-refractivity contribution in [2.75, 3.05) is 46.6 Å². The Bertz CT molecular complexity index is 849. The molecule has 0 amide bonds. The molecule has 2 aromatic rings. The molecule has 2 aliphatic heterocycles. The van der Waals surface area contributed by atoms with Crippen molar-refractivity contribution in [3.63, 3.8) is 0 Å². The molecular formula is C26H34BrNO3. The van der Waals surface area contributed by atoms with Crippen LogP contribution in [0.25, 0.3) is 0 Å². The summed E-state index contributed by atoms with van der Waals surface area (Å²) in [6, 6.07) is 13.3. The monoisotopic (exact) mass is 487 g/mol. The van der Waals surface area contributed by atoms with Gasteiger partial charge in [-0.15, -0.1) is 0 Å². The topological polar surface area (TPSA) is 30.9 Å². The summed E-state index contributed by atoms with van der Waals surface area (Å²) in [7, 11) is 1.70. The molecule has 1 fully saturated rings. The zero-order valence-corrected chi connectivity index (χ0v) is 20.2. The van der Waals surface area contributed by atoms with Crippen LogP contribution in [0.3, 0.4) is 0 Å². The van der Waals surface area contributed by atoms with E-state index in [0.717, 1.165) is 60.7 Å². The number of nitrogens with zero attached hydrogens (tertiary/aromatic N) is 1. The minimum Gasteiger partial charge on any atom is -0.493 e. The standard InChI is InChI=1S/C26H34BrNO3/c1-29-15-16-31-26-19-22(5-7-24(26)27)17-21-9-12-28(13-10-21)11-8-20-4-6-23-3-2-14-30-25(23)18-20/h4-7,18-19,21H,2-3,8-17H2,1H3. The van der Waals surface area contributed by atoms with Crippen molar-refractivity contribution in [2.45, 2.75) is 38.5 Å². The van der Waals surface area contributed by atoms with Gasteiger partial charge in [0, 0.05) is 13.7 Å². The molecule has 0 atom stereocenters. The Hall–Kier alpha value is -1.56. The molecular weight excluding hydrogens is 454 g/mol. The van der Waals surface area contributed by atoms with Crippen LogP contribution in [0.2, 0.25) is 0 Å². The molecule has 0 N–H and O–H groups in total. The molecule has 4 rings (SSSR count). The van der Waals surface area contributed by atoms with Gasteiger partial charge in [-0.1, -0.05) is 18.2 Å². The van der Waals surface area contributed by atoms with Crippen molar-refractivity contribution in [3.05, 3.63) is 57.6 Å². The summed E-state index contributed by atoms with van der Waals surface area (Å²) in [6.07, 6.45) is 7.07. The molecule has 2 aliphatic rings. The first-order valence-electron chi connectivity index (χ1n) is 11.6. The van der Waals surface area contributed by atoms with Crippen LogP contribution in [-0.4, -0.2) is 51.5 Å². The van der Waals surface area contributed by atoms with Crippen LogP contribution in [0, 0.1) is 5.92 Å². The number of piperidine rings is 1. The molecule has 0 saturated carbocycles. The number of methoxy groups -OCH3 is 1. The lowest BCUT2D eigenvalue weighted by Crippen LogP contribution is -2.35. The van der Waals surface area contributed by atoms with E-state index in [1.54, 1.807) is 7.11 Å². The van der Waals surface area contributed by atoms with Gasteiger partial charge in [-0.3, -0.25) is 0 Å². The highest BCUT2D eigenvalue weighted by atomic mass is 79.9. The highest BCUT2D eigenvalue weighted by molar-refractivity contribution is 9.10. The van der Waals surface area contributed by atoms with Crippen LogP contribution >= 0.6 is 15.9 Å². The number of hydrogen-bond donors (Lipinski definition) is 0. The highest BCUT2D eigenvalue weighted by Crippen LogP contribution is 2.30. The van der Waals surface area contributed by atoms with E-state index in [4.69, 9.17) is 14.2 Å². The maximum absolute atomic E-state index is 5.84. The summed E-state index contributed by atoms with van der Waals surface area (Å²) in [6.45, 7) is 5.57. The Morgan fingerprint density at radius 2 is 1.90 bits per heavy atom. The zero-order valence-electron chi connectivity index (χ0n) is 18.6. The molecule has 1 saturated heterocycles. The molecule has 0 bridgehead atoms. The largest absolute Gasteiger partial charge is 0.493 e. The summed E-state index contributed by atoms with van der Waals surface area (Å²) in [4.78, 5) is 2.62. The lowest BCUT2D eigenvalue weighted by atomic mass is 9.90. The molecule has 0 radical (unpaired) electrons. The Balaban J connectivity index is 1.22. The SMILES string of the molecule is COCCOc1cc(CC2CCN(CCc3ccc4c(c3)OCCC4)CC2)ccc1Br. The van der Waals surface area contributed by atoms with Gasteiger partial charge in [-0.05, 0) is 108 Å². The fraction of sp³-hybridized carbons (Fsp3) is 0.538. The van der Waals surface area contributed by atoms with Crippen molar-refractivity contribution in [2.24, 2.45) is 5.92 Å². The first kappa shape index (κ1) is 22.6. The maximum Gasteiger partial charge on any atom is 0.133 e. The minimum atomic E-state index is 0.577. The molecule has 0 spiro atoms. The van der Waals surface area contributed by atoms with Gasteiger partial charge in [-0.25, -0.2) is 0 Å². The summed E-state index contributed by atoms with van der Waals surface area (Å²) < 4.78 is 17.8. The van der Waals surface area contributed by atoms with Crippen LogP contribution in [0.4, 0.5) is 0 Å². The molecule has 4 nitrogen and oxygen atoms in total. The summed E-state index contributed by atoms with van der Waals surface area (Å²) >= 11 is 3.59. The third-order valence-corrected chi connectivity index (χ3v) is 7.12. The summed E-state index contributed by atoms with van der Waals surface area (Å²) in [5.74, 6) is 2.78. The van der Waals surface area contributed by atoms with E-state index < -0.39 is 0 Å². The maximum atomic E-state index is 5.84. The molecule has 0 aliphatic carbocycles. The first-order valence-corrected chi connectivity index (χ1v) is 12.4. The number of ether oxygens (including phenoxy) is 3. The Morgan fingerprint density at radius 1 is 1.06 bits per heavy atom. The van der Waals surface area contributed by atoms with Crippen molar-refractivity contribution in [3.8, 4) is 11.5 Å². The Labute approximate surface area is 195 Å². The number of hydrogen-bond acceptors (Lipinski definition) is 4. The predicted molar refractivity (Wildman–Crippen MR) is 128 cm³/mol. The van der Waals surface area contributed by atoms with E-state index in [-0.39, 0.29) is 0 Å². The average Bonchev–Trinajstić information content (AvgIpc) is 2.80. The minimum absolute atomic E-state index is 0.577. The quantitative estimate of drug-likeness (QED) is 0.449. The van der Waals surface area contributed by atoms with Crippen LogP contribution < -0.4 is 9.47 Å². The fourth-order valence-corrected chi connectivity index (χ4v) is 4.96. The number of aryl methyl sites for hydroxylation is 1. The lowest BCUT2D eigenvalue weighted by molar-refractivity contribution is 0.146. The second-order valence-electron chi connectivity index (χ2n) is 8.74. The van der Waals surface area contributed by atoms with E-state index in [1.165, 1.54) is 42.6 Å². The van der Waals surface area contributed by atoms with E-state index in [9.17, 15) is 0 Å². The van der Waals surface area contributed by atoms with Gasteiger partial charge in [0.1, 0.15) is 18.1 Å². The molecule has 0 unspecified atom stereocenters. The van der Waals surface area contributed by atoms with E-state index >= 15 is 0 Å². The number of likely N-dealkylation sites (tertiary alicyclic amines) is 1. The highest BCUT2D eigenvalue weighted by Gasteiger charge is 2.20. The van der Waals surface area contributed by atoms with Crippen molar-refractivity contribution in [1.29, 1.82) is 0 Å². The van der Waals surface area contributed by atoms with Gasteiger partial charge < -0.3 is 19.1 Å². The molecule has 5 heteroatoms. The molecule has 0 aromatic heterocycles. The van der Waals surface area contributed by atoms with Gasteiger partial charge in [0.2, 0.25) is 0 Å². The van der Waals surface area contributed by atoms with Gasteiger partial charge >= 0.3 is 0 Å². The zero-order chi connectivity index (χ0) is 21.5. The molecule has 2 aromatic carbocycles. The van der Waals surface area contributed by atoms with E-state index in [0.29, 0.717) is 13.2 Å². The normalized spacial score (nSPS) is 17.2. The predicted octanol–water partition coefficient (Wildman–Crippen LogP) is 5.30. The fourth-order valence-electron chi connectivity index (χ4n) is 4.60. The summed E-state index contributed by atoms with van der Waals surface area (Å²) in [5.41, 5.74) is 4.14. The molecule has 31 heavy (non-hydrogen) atoms. The van der Waals surface area contributed by atoms with Gasteiger partial charge in [0.15, 0.2) is 0 Å². The van der Waals surface area contributed by atoms with E-state index in [1.807, 2.05) is 0 Å². The average molecular weight is 488 g/mol. The summed E-state index contributed by atoms with van der Waals surface area (Å²) in [5, 5.41) is 0. The van der Waals surface area contributed by atoms with Crippen LogP contribution in [-0.2, 0) is 24.0 Å². The number of halogens is 1. The van der Waals surface area contributed by atoms with E-state index in [2.05, 4.69) is 57.2 Å². The Kier molecular flexibility index (Phi) is 8.28. The van der Waals surface area contributed by atoms with Gasteiger partial charge in [0.05, 0.1) is 17.7 Å². The Morgan fingerprint density at radius 3 is 2.74 bits per heavy atom. The number of benzene rings is 2. The van der Waals surface area contributed by atoms with Gasteiger partial charge in [0.25, 0.3) is 0 Å². The second-order valence-corrected chi connectivity index (χ2v) is 9.59. The molecule has 168 valence electrons. The van der Waals surface area contributed by atoms with Gasteiger partial charge in [-0.2, -0.15) is 0 Å². The number of rotatable bonds is 9. The third-order valence-electron chi connectivity index (χ3n) is 6.47. The van der Waals surface area contributed by atoms with Crippen molar-refractivity contribution < 1.29 is 14.2 Å². The number of fused-ring (bicyclic) bond motifs is 1. The van der Waals surface area contributed by atoms with Crippen LogP contribution in [0.15, 0.2) is 40.9 Å².